The maximum atomic E-state index is 12.3. The van der Waals surface area contributed by atoms with Crippen LogP contribution in [0.15, 0.2) is 34.3 Å². The molecule has 0 bridgehead atoms. The average Bonchev–Trinajstić information content (AvgIpc) is 3.07. The van der Waals surface area contributed by atoms with Gasteiger partial charge in [0.05, 0.1) is 20.3 Å². The smallest absolute Gasteiger partial charge is 0.257 e. The van der Waals surface area contributed by atoms with Gasteiger partial charge in [0.2, 0.25) is 5.91 Å². The molecule has 1 N–H and O–H groups in total. The van der Waals surface area contributed by atoms with Gasteiger partial charge in [0.1, 0.15) is 0 Å². The van der Waals surface area contributed by atoms with Crippen molar-refractivity contribution in [2.24, 2.45) is 0 Å². The molecule has 7 nitrogen and oxygen atoms in total. The second-order valence-electron chi connectivity index (χ2n) is 6.36. The van der Waals surface area contributed by atoms with Crippen LogP contribution in [0.1, 0.15) is 23.6 Å². The molecule has 3 rings (SSSR count). The van der Waals surface area contributed by atoms with E-state index >= 15 is 0 Å². The summed E-state index contributed by atoms with van der Waals surface area (Å²) in [5, 5.41) is 3.62. The van der Waals surface area contributed by atoms with Gasteiger partial charge in [-0.15, -0.1) is 0 Å². The zero-order valence-corrected chi connectivity index (χ0v) is 16.5. The molecule has 8 heteroatoms. The quantitative estimate of drug-likeness (QED) is 0.729. The Morgan fingerprint density at radius 2 is 2.11 bits per heavy atom. The van der Waals surface area contributed by atoms with E-state index in [1.54, 1.807) is 31.9 Å². The third-order valence-electron chi connectivity index (χ3n) is 4.51. The number of carbonyl (C=O) groups is 1. The molecule has 0 saturated carbocycles. The zero-order chi connectivity index (χ0) is 19.4. The normalized spacial score (nSPS) is 15.3. The number of benzene rings is 1. The van der Waals surface area contributed by atoms with Crippen LogP contribution < -0.4 is 20.3 Å². The summed E-state index contributed by atoms with van der Waals surface area (Å²) in [4.78, 5) is 28.9. The number of fused-ring (bicyclic) bond motifs is 1. The van der Waals surface area contributed by atoms with Gasteiger partial charge >= 0.3 is 0 Å². The molecule has 0 spiro atoms. The SMILES string of the molecule is COc1ccc(CCNC(=O)CC2CSc3ncc(C)c(=O)n32)cc1OC. The van der Waals surface area contributed by atoms with Crippen molar-refractivity contribution in [3.05, 3.63) is 45.9 Å². The maximum Gasteiger partial charge on any atom is 0.257 e. The molecule has 1 aromatic carbocycles. The largest absolute Gasteiger partial charge is 0.493 e. The molecule has 0 radical (unpaired) electrons. The molecule has 0 aliphatic carbocycles. The highest BCUT2D eigenvalue weighted by molar-refractivity contribution is 7.99. The summed E-state index contributed by atoms with van der Waals surface area (Å²) in [6, 6.07) is 5.56. The molecule has 1 aliphatic heterocycles. The van der Waals surface area contributed by atoms with Gasteiger partial charge in [-0.05, 0) is 31.0 Å². The summed E-state index contributed by atoms with van der Waals surface area (Å²) in [5.41, 5.74) is 1.58. The Labute approximate surface area is 162 Å². The zero-order valence-electron chi connectivity index (χ0n) is 15.7. The average molecular weight is 389 g/mol. The van der Waals surface area contributed by atoms with E-state index in [-0.39, 0.29) is 23.9 Å². The topological polar surface area (TPSA) is 82.5 Å². The number of ether oxygens (including phenoxy) is 2. The number of rotatable bonds is 7. The van der Waals surface area contributed by atoms with Gasteiger partial charge in [-0.25, -0.2) is 4.98 Å². The predicted molar refractivity (Wildman–Crippen MR) is 104 cm³/mol. The lowest BCUT2D eigenvalue weighted by Gasteiger charge is -2.14. The summed E-state index contributed by atoms with van der Waals surface area (Å²) in [7, 11) is 3.19. The van der Waals surface area contributed by atoms with Crippen molar-refractivity contribution >= 4 is 17.7 Å². The van der Waals surface area contributed by atoms with Crippen LogP contribution in [0.5, 0.6) is 11.5 Å². The lowest BCUT2D eigenvalue weighted by Crippen LogP contribution is -2.32. The first-order chi connectivity index (χ1) is 13.0. The van der Waals surface area contributed by atoms with Crippen molar-refractivity contribution in [3.8, 4) is 11.5 Å². The number of carbonyl (C=O) groups excluding carboxylic acids is 1. The third kappa shape index (κ3) is 4.27. The predicted octanol–water partition coefficient (Wildman–Crippen LogP) is 1.96. The van der Waals surface area contributed by atoms with E-state index in [1.807, 2.05) is 18.2 Å². The van der Waals surface area contributed by atoms with Crippen molar-refractivity contribution in [1.82, 2.24) is 14.9 Å². The van der Waals surface area contributed by atoms with Crippen molar-refractivity contribution in [2.45, 2.75) is 31.0 Å². The summed E-state index contributed by atoms with van der Waals surface area (Å²) in [5.74, 6) is 1.97. The number of amides is 1. The fraction of sp³-hybridized carbons (Fsp3) is 0.421. The van der Waals surface area contributed by atoms with Crippen LogP contribution in [-0.2, 0) is 11.2 Å². The number of hydrogen-bond acceptors (Lipinski definition) is 6. The monoisotopic (exact) mass is 389 g/mol. The van der Waals surface area contributed by atoms with Gasteiger partial charge in [-0.3, -0.25) is 14.2 Å². The van der Waals surface area contributed by atoms with Crippen LogP contribution in [0.4, 0.5) is 0 Å². The van der Waals surface area contributed by atoms with Crippen molar-refractivity contribution in [3.63, 3.8) is 0 Å². The molecule has 1 aromatic heterocycles. The van der Waals surface area contributed by atoms with Gasteiger partial charge in [0, 0.05) is 30.5 Å². The van der Waals surface area contributed by atoms with E-state index in [4.69, 9.17) is 9.47 Å². The summed E-state index contributed by atoms with van der Waals surface area (Å²) >= 11 is 1.52. The van der Waals surface area contributed by atoms with Crippen LogP contribution >= 0.6 is 11.8 Å². The first-order valence-corrected chi connectivity index (χ1v) is 9.70. The second kappa shape index (κ2) is 8.47. The molecule has 144 valence electrons. The molecule has 1 unspecified atom stereocenters. The van der Waals surface area contributed by atoms with E-state index in [0.29, 0.717) is 40.9 Å². The molecular formula is C19H23N3O4S. The number of methoxy groups -OCH3 is 2. The Hall–Kier alpha value is -2.48. The van der Waals surface area contributed by atoms with Crippen LogP contribution in [-0.4, -0.2) is 42.0 Å². The van der Waals surface area contributed by atoms with Gasteiger partial charge in [-0.2, -0.15) is 0 Å². The highest BCUT2D eigenvalue weighted by atomic mass is 32.2. The Kier molecular flexibility index (Phi) is 6.05. The molecule has 1 aliphatic rings. The Bertz CT molecular complexity index is 897. The molecule has 2 aromatic rings. The number of nitrogens with zero attached hydrogens (tertiary/aromatic N) is 2. The Balaban J connectivity index is 1.55. The molecule has 1 atom stereocenters. The standard InChI is InChI=1S/C19H23N3O4S/c1-12-10-21-19-22(18(12)24)14(11-27-19)9-17(23)20-7-6-13-4-5-15(25-2)16(8-13)26-3/h4-5,8,10,14H,6-7,9,11H2,1-3H3,(H,20,23). The highest BCUT2D eigenvalue weighted by Gasteiger charge is 2.27. The van der Waals surface area contributed by atoms with Gasteiger partial charge in [0.25, 0.3) is 5.56 Å². The van der Waals surface area contributed by atoms with Crippen molar-refractivity contribution in [2.75, 3.05) is 26.5 Å². The van der Waals surface area contributed by atoms with Crippen molar-refractivity contribution in [1.29, 1.82) is 0 Å². The molecule has 2 heterocycles. The molecule has 0 saturated heterocycles. The minimum absolute atomic E-state index is 0.0619. The van der Waals surface area contributed by atoms with E-state index < -0.39 is 0 Å². The summed E-state index contributed by atoms with van der Waals surface area (Å²) < 4.78 is 12.2. The van der Waals surface area contributed by atoms with E-state index in [9.17, 15) is 9.59 Å². The fourth-order valence-electron chi connectivity index (χ4n) is 3.04. The number of aryl methyl sites for hydroxylation is 1. The molecule has 1 amide bonds. The van der Waals surface area contributed by atoms with Crippen molar-refractivity contribution < 1.29 is 14.3 Å². The first-order valence-electron chi connectivity index (χ1n) is 8.72. The van der Waals surface area contributed by atoms with E-state index in [1.165, 1.54) is 11.8 Å². The number of nitrogens with one attached hydrogen (secondary N) is 1. The minimum atomic E-state index is -0.147. The minimum Gasteiger partial charge on any atom is -0.493 e. The van der Waals surface area contributed by atoms with E-state index in [0.717, 1.165) is 5.56 Å². The molecule has 27 heavy (non-hydrogen) atoms. The van der Waals surface area contributed by atoms with Crippen LogP contribution in [0, 0.1) is 6.92 Å². The summed E-state index contributed by atoms with van der Waals surface area (Å²) in [6.07, 6.45) is 2.55. The van der Waals surface area contributed by atoms with Gasteiger partial charge in [0.15, 0.2) is 16.7 Å². The molecular weight excluding hydrogens is 366 g/mol. The number of hydrogen-bond donors (Lipinski definition) is 1. The summed E-state index contributed by atoms with van der Waals surface area (Å²) in [6.45, 7) is 2.26. The molecule has 0 fully saturated rings. The first kappa shape index (κ1) is 19.3. The second-order valence-corrected chi connectivity index (χ2v) is 7.34. The lowest BCUT2D eigenvalue weighted by molar-refractivity contribution is -0.121. The number of thioether (sulfide) groups is 1. The fourth-order valence-corrected chi connectivity index (χ4v) is 4.15. The number of aromatic nitrogens is 2. The van der Waals surface area contributed by atoms with Gasteiger partial charge < -0.3 is 14.8 Å². The van der Waals surface area contributed by atoms with Crippen LogP contribution in [0.3, 0.4) is 0 Å². The van der Waals surface area contributed by atoms with Gasteiger partial charge in [-0.1, -0.05) is 17.8 Å². The van der Waals surface area contributed by atoms with Crippen LogP contribution in [0.2, 0.25) is 0 Å². The van der Waals surface area contributed by atoms with E-state index in [2.05, 4.69) is 10.3 Å². The Morgan fingerprint density at radius 3 is 2.85 bits per heavy atom. The maximum absolute atomic E-state index is 12.3. The third-order valence-corrected chi connectivity index (χ3v) is 5.62. The Morgan fingerprint density at radius 1 is 1.33 bits per heavy atom. The highest BCUT2D eigenvalue weighted by Crippen LogP contribution is 2.31. The lowest BCUT2D eigenvalue weighted by atomic mass is 10.1. The van der Waals surface area contributed by atoms with Crippen LogP contribution in [0.25, 0.3) is 0 Å².